The van der Waals surface area contributed by atoms with Crippen LogP contribution in [0.3, 0.4) is 0 Å². The van der Waals surface area contributed by atoms with Crippen molar-refractivity contribution in [1.29, 1.82) is 0 Å². The molecule has 17 heavy (non-hydrogen) atoms. The Labute approximate surface area is 106 Å². The highest BCUT2D eigenvalue weighted by Gasteiger charge is 2.53. The summed E-state index contributed by atoms with van der Waals surface area (Å²) in [7, 11) is 2.13. The fourth-order valence-corrected chi connectivity index (χ4v) is 2.85. The van der Waals surface area contributed by atoms with Crippen LogP contribution in [-0.4, -0.2) is 47.4 Å². The fraction of sp³-hybridized carbons (Fsp3) is 1.00. The fourth-order valence-electron chi connectivity index (χ4n) is 2.85. The number of rotatable bonds is 5. The molecule has 1 aliphatic rings. The lowest BCUT2D eigenvalue weighted by Gasteiger charge is -2.30. The SMILES string of the molecule is CCCCN(C)CC1C(O)C(C)(C)OC1(C)C. The molecule has 2 atom stereocenters. The quantitative estimate of drug-likeness (QED) is 0.804. The van der Waals surface area contributed by atoms with E-state index in [1.807, 2.05) is 13.8 Å². The first kappa shape index (κ1) is 14.9. The van der Waals surface area contributed by atoms with Gasteiger partial charge >= 0.3 is 0 Å². The highest BCUT2D eigenvalue weighted by molar-refractivity contribution is 5.02. The molecule has 0 bridgehead atoms. The maximum Gasteiger partial charge on any atom is 0.0896 e. The largest absolute Gasteiger partial charge is 0.390 e. The third-order valence-corrected chi connectivity index (χ3v) is 3.91. The molecular formula is C14H29NO2. The Morgan fingerprint density at radius 2 is 1.76 bits per heavy atom. The second-order valence-corrected chi connectivity index (χ2v) is 6.48. The van der Waals surface area contributed by atoms with Crippen molar-refractivity contribution in [3.05, 3.63) is 0 Å². The van der Waals surface area contributed by atoms with E-state index in [-0.39, 0.29) is 17.6 Å². The molecule has 1 N–H and O–H groups in total. The Balaban J connectivity index is 2.63. The summed E-state index contributed by atoms with van der Waals surface area (Å²) in [6, 6.07) is 0. The standard InChI is InChI=1S/C14H29NO2/c1-7-8-9-15(6)10-11-12(16)14(4,5)17-13(11,2)3/h11-12,16H,7-10H2,1-6H3. The molecule has 0 aliphatic carbocycles. The maximum atomic E-state index is 10.4. The number of nitrogens with zero attached hydrogens (tertiary/aromatic N) is 1. The third kappa shape index (κ3) is 3.43. The van der Waals surface area contributed by atoms with Crippen LogP contribution in [0.2, 0.25) is 0 Å². The molecule has 0 radical (unpaired) electrons. The Morgan fingerprint density at radius 1 is 1.18 bits per heavy atom. The molecule has 1 fully saturated rings. The molecular weight excluding hydrogens is 214 g/mol. The second kappa shape index (κ2) is 5.25. The molecule has 1 rings (SSSR count). The Hall–Kier alpha value is -0.120. The molecule has 3 nitrogen and oxygen atoms in total. The van der Waals surface area contributed by atoms with E-state index in [4.69, 9.17) is 4.74 Å². The van der Waals surface area contributed by atoms with Crippen LogP contribution < -0.4 is 0 Å². The van der Waals surface area contributed by atoms with Gasteiger partial charge in [-0.1, -0.05) is 13.3 Å². The van der Waals surface area contributed by atoms with Gasteiger partial charge in [-0.15, -0.1) is 0 Å². The summed E-state index contributed by atoms with van der Waals surface area (Å²) < 4.78 is 5.99. The van der Waals surface area contributed by atoms with Gasteiger partial charge < -0.3 is 14.7 Å². The van der Waals surface area contributed by atoms with Crippen molar-refractivity contribution < 1.29 is 9.84 Å². The predicted octanol–water partition coefficient (Wildman–Crippen LogP) is 2.28. The highest BCUT2D eigenvalue weighted by atomic mass is 16.5. The Kier molecular flexibility index (Phi) is 4.61. The van der Waals surface area contributed by atoms with Crippen molar-refractivity contribution in [3.8, 4) is 0 Å². The number of hydrogen-bond acceptors (Lipinski definition) is 3. The summed E-state index contributed by atoms with van der Waals surface area (Å²) in [5, 5.41) is 10.4. The van der Waals surface area contributed by atoms with E-state index < -0.39 is 5.60 Å². The molecule has 0 aromatic heterocycles. The maximum absolute atomic E-state index is 10.4. The van der Waals surface area contributed by atoms with Gasteiger partial charge in [0.05, 0.1) is 17.3 Å². The number of aliphatic hydroxyl groups excluding tert-OH is 1. The summed E-state index contributed by atoms with van der Waals surface area (Å²) in [6.45, 7) is 12.3. The average molecular weight is 243 g/mol. The van der Waals surface area contributed by atoms with E-state index in [0.717, 1.165) is 13.1 Å². The zero-order valence-corrected chi connectivity index (χ0v) is 12.3. The molecule has 0 spiro atoms. The molecule has 0 aromatic rings. The molecule has 1 heterocycles. The minimum atomic E-state index is -0.431. The predicted molar refractivity (Wildman–Crippen MR) is 71.1 cm³/mol. The van der Waals surface area contributed by atoms with Gasteiger partial charge in [0.25, 0.3) is 0 Å². The second-order valence-electron chi connectivity index (χ2n) is 6.48. The van der Waals surface area contributed by atoms with Gasteiger partial charge in [-0.2, -0.15) is 0 Å². The van der Waals surface area contributed by atoms with Crippen molar-refractivity contribution in [3.63, 3.8) is 0 Å². The van der Waals surface area contributed by atoms with Crippen LogP contribution in [0, 0.1) is 5.92 Å². The molecule has 0 aromatic carbocycles. The first-order chi connectivity index (χ1) is 7.70. The average Bonchev–Trinajstić information content (AvgIpc) is 2.33. The summed E-state index contributed by atoms with van der Waals surface area (Å²) in [6.07, 6.45) is 2.04. The minimum absolute atomic E-state index is 0.180. The third-order valence-electron chi connectivity index (χ3n) is 3.91. The molecule has 2 unspecified atom stereocenters. The summed E-state index contributed by atoms with van der Waals surface area (Å²) >= 11 is 0. The first-order valence-corrected chi connectivity index (χ1v) is 6.77. The van der Waals surface area contributed by atoms with E-state index in [2.05, 4.69) is 32.7 Å². The van der Waals surface area contributed by atoms with Crippen molar-refractivity contribution >= 4 is 0 Å². The van der Waals surface area contributed by atoms with Crippen molar-refractivity contribution in [2.45, 2.75) is 64.8 Å². The zero-order chi connectivity index (χ0) is 13.3. The van der Waals surface area contributed by atoms with E-state index >= 15 is 0 Å². The lowest BCUT2D eigenvalue weighted by atomic mass is 9.84. The van der Waals surface area contributed by atoms with Gasteiger partial charge in [0.2, 0.25) is 0 Å². The van der Waals surface area contributed by atoms with Gasteiger partial charge in [0.15, 0.2) is 0 Å². The van der Waals surface area contributed by atoms with Gasteiger partial charge in [-0.05, 0) is 47.7 Å². The van der Waals surface area contributed by atoms with Gasteiger partial charge in [0.1, 0.15) is 0 Å². The van der Waals surface area contributed by atoms with Crippen molar-refractivity contribution in [2.24, 2.45) is 5.92 Å². The molecule has 0 saturated carbocycles. The number of hydrogen-bond donors (Lipinski definition) is 1. The highest BCUT2D eigenvalue weighted by Crippen LogP contribution is 2.42. The van der Waals surface area contributed by atoms with Gasteiger partial charge in [-0.3, -0.25) is 0 Å². The normalized spacial score (nSPS) is 31.1. The van der Waals surface area contributed by atoms with E-state index in [0.29, 0.717) is 0 Å². The molecule has 3 heteroatoms. The lowest BCUT2D eigenvalue weighted by molar-refractivity contribution is -0.0912. The Morgan fingerprint density at radius 3 is 2.18 bits per heavy atom. The lowest BCUT2D eigenvalue weighted by Crippen LogP contribution is -2.42. The summed E-state index contributed by atoms with van der Waals surface area (Å²) in [4.78, 5) is 2.31. The van der Waals surface area contributed by atoms with Gasteiger partial charge in [-0.25, -0.2) is 0 Å². The first-order valence-electron chi connectivity index (χ1n) is 6.77. The van der Waals surface area contributed by atoms with Crippen LogP contribution >= 0.6 is 0 Å². The molecule has 102 valence electrons. The van der Waals surface area contributed by atoms with Crippen molar-refractivity contribution in [1.82, 2.24) is 4.90 Å². The monoisotopic (exact) mass is 243 g/mol. The topological polar surface area (TPSA) is 32.7 Å². The van der Waals surface area contributed by atoms with Crippen molar-refractivity contribution in [2.75, 3.05) is 20.1 Å². The smallest absolute Gasteiger partial charge is 0.0896 e. The number of unbranched alkanes of at least 4 members (excludes halogenated alkanes) is 1. The van der Waals surface area contributed by atoms with Gasteiger partial charge in [0, 0.05) is 12.5 Å². The van der Waals surface area contributed by atoms with Crippen LogP contribution in [-0.2, 0) is 4.74 Å². The Bertz CT molecular complexity index is 251. The van der Waals surface area contributed by atoms with E-state index in [9.17, 15) is 5.11 Å². The number of ether oxygens (including phenoxy) is 1. The summed E-state index contributed by atoms with van der Waals surface area (Å²) in [5.74, 6) is 0.180. The zero-order valence-electron chi connectivity index (χ0n) is 12.3. The molecule has 1 aliphatic heterocycles. The van der Waals surface area contributed by atoms with E-state index in [1.165, 1.54) is 12.8 Å². The minimum Gasteiger partial charge on any atom is -0.390 e. The van der Waals surface area contributed by atoms with Crippen LogP contribution in [0.1, 0.15) is 47.5 Å². The van der Waals surface area contributed by atoms with Crippen LogP contribution in [0.5, 0.6) is 0 Å². The van der Waals surface area contributed by atoms with Crippen LogP contribution in [0.15, 0.2) is 0 Å². The molecule has 1 saturated heterocycles. The van der Waals surface area contributed by atoms with Crippen LogP contribution in [0.25, 0.3) is 0 Å². The van der Waals surface area contributed by atoms with Crippen LogP contribution in [0.4, 0.5) is 0 Å². The number of aliphatic hydroxyl groups is 1. The van der Waals surface area contributed by atoms with E-state index in [1.54, 1.807) is 0 Å². The molecule has 0 amide bonds. The summed E-state index contributed by atoms with van der Waals surface area (Å²) in [5.41, 5.74) is -0.677.